The number of rotatable bonds is 9. The number of carbonyl (C=O) groups is 2. The van der Waals surface area contributed by atoms with Crippen LogP contribution in [0.1, 0.15) is 34.1 Å². The molecule has 0 aliphatic carbocycles. The molecule has 0 aliphatic rings. The van der Waals surface area contributed by atoms with E-state index < -0.39 is 0 Å². The van der Waals surface area contributed by atoms with E-state index in [1.54, 1.807) is 19.1 Å². The number of aromatic nitrogens is 1. The van der Waals surface area contributed by atoms with E-state index in [0.717, 1.165) is 14.4 Å². The van der Waals surface area contributed by atoms with Gasteiger partial charge in [-0.05, 0) is 31.2 Å². The SMILES string of the molecule is CCOC(=O)Cc1c(C(=O)c2ccc(Br)cc2)sc(SCCC#N)c1-[n+]1ccccc1. The summed E-state index contributed by atoms with van der Waals surface area (Å²) in [7, 11) is 0. The van der Waals surface area contributed by atoms with Crippen molar-refractivity contribution in [3.63, 3.8) is 0 Å². The molecule has 0 radical (unpaired) electrons. The van der Waals surface area contributed by atoms with Gasteiger partial charge >= 0.3 is 5.97 Å². The number of ketones is 1. The lowest BCUT2D eigenvalue weighted by molar-refractivity contribution is -0.598. The van der Waals surface area contributed by atoms with Crippen molar-refractivity contribution in [2.45, 2.75) is 24.0 Å². The molecule has 3 rings (SSSR count). The highest BCUT2D eigenvalue weighted by atomic mass is 79.9. The van der Waals surface area contributed by atoms with Crippen molar-refractivity contribution < 1.29 is 18.9 Å². The Balaban J connectivity index is 2.15. The Hall–Kier alpha value is -2.47. The third kappa shape index (κ3) is 5.82. The molecular formula is C23H20BrN2O3S2+. The summed E-state index contributed by atoms with van der Waals surface area (Å²) in [6.07, 6.45) is 4.17. The van der Waals surface area contributed by atoms with Gasteiger partial charge in [0.15, 0.2) is 12.4 Å². The van der Waals surface area contributed by atoms with Crippen LogP contribution in [0.4, 0.5) is 0 Å². The quantitative estimate of drug-likeness (QED) is 0.130. The fourth-order valence-electron chi connectivity index (χ4n) is 2.97. The summed E-state index contributed by atoms with van der Waals surface area (Å²) < 4.78 is 8.88. The Bertz CT molecular complexity index is 1110. The number of carbonyl (C=O) groups excluding carboxylic acids is 2. The maximum atomic E-state index is 13.4. The molecule has 3 aromatic rings. The second-order valence-corrected chi connectivity index (χ2v) is 9.70. The van der Waals surface area contributed by atoms with Crippen LogP contribution in [0.3, 0.4) is 0 Å². The lowest BCUT2D eigenvalue weighted by atomic mass is 10.0. The number of esters is 1. The number of nitriles is 1. The Kier molecular flexibility index (Phi) is 8.41. The molecule has 0 saturated heterocycles. The molecule has 0 saturated carbocycles. The second kappa shape index (κ2) is 11.2. The van der Waals surface area contributed by atoms with Gasteiger partial charge in [-0.2, -0.15) is 9.83 Å². The van der Waals surface area contributed by atoms with Gasteiger partial charge in [0.25, 0.3) is 0 Å². The Morgan fingerprint density at radius 1 is 1.19 bits per heavy atom. The lowest BCUT2D eigenvalue weighted by Gasteiger charge is -2.05. The highest BCUT2D eigenvalue weighted by Gasteiger charge is 2.31. The molecule has 2 aromatic heterocycles. The van der Waals surface area contributed by atoms with Gasteiger partial charge < -0.3 is 4.74 Å². The van der Waals surface area contributed by atoms with Crippen LogP contribution in [0, 0.1) is 11.3 Å². The molecule has 0 atom stereocenters. The normalized spacial score (nSPS) is 10.5. The molecule has 158 valence electrons. The van der Waals surface area contributed by atoms with Crippen LogP contribution in [0.2, 0.25) is 0 Å². The zero-order valence-corrected chi connectivity index (χ0v) is 20.1. The molecule has 31 heavy (non-hydrogen) atoms. The minimum absolute atomic E-state index is 0.00200. The summed E-state index contributed by atoms with van der Waals surface area (Å²) in [6, 6.07) is 15.0. The monoisotopic (exact) mass is 515 g/mol. The van der Waals surface area contributed by atoms with E-state index in [0.29, 0.717) is 28.2 Å². The number of thioether (sulfide) groups is 1. The van der Waals surface area contributed by atoms with Crippen LogP contribution in [0.15, 0.2) is 63.5 Å². The maximum absolute atomic E-state index is 13.4. The number of nitrogens with zero attached hydrogens (tertiary/aromatic N) is 2. The summed E-state index contributed by atoms with van der Waals surface area (Å²) in [5.41, 5.74) is 1.99. The van der Waals surface area contributed by atoms with Crippen molar-refractivity contribution in [1.82, 2.24) is 0 Å². The van der Waals surface area contributed by atoms with Gasteiger partial charge in [0, 0.05) is 34.3 Å². The Morgan fingerprint density at radius 2 is 1.90 bits per heavy atom. The van der Waals surface area contributed by atoms with Crippen LogP contribution in [-0.4, -0.2) is 24.1 Å². The summed E-state index contributed by atoms with van der Waals surface area (Å²) in [5, 5.41) is 8.94. The maximum Gasteiger partial charge on any atom is 0.310 e. The van der Waals surface area contributed by atoms with E-state index in [-0.39, 0.29) is 24.8 Å². The summed E-state index contributed by atoms with van der Waals surface area (Å²) in [5.74, 6) is 0.0838. The summed E-state index contributed by atoms with van der Waals surface area (Å²) in [6.45, 7) is 2.03. The third-order valence-corrected chi connectivity index (χ3v) is 7.32. The minimum atomic E-state index is -0.378. The number of pyridine rings is 1. The van der Waals surface area contributed by atoms with Crippen molar-refractivity contribution >= 4 is 50.8 Å². The largest absolute Gasteiger partial charge is 0.466 e. The molecule has 1 aromatic carbocycles. The molecular weight excluding hydrogens is 496 g/mol. The van der Waals surface area contributed by atoms with Gasteiger partial charge in [0.1, 0.15) is 4.21 Å². The Labute approximate surface area is 197 Å². The number of benzene rings is 1. The summed E-state index contributed by atoms with van der Waals surface area (Å²) in [4.78, 5) is 26.4. The zero-order valence-electron chi connectivity index (χ0n) is 16.8. The molecule has 8 heteroatoms. The van der Waals surface area contributed by atoms with Crippen LogP contribution in [0.25, 0.3) is 5.69 Å². The highest BCUT2D eigenvalue weighted by Crippen LogP contribution is 2.38. The molecule has 0 fully saturated rings. The lowest BCUT2D eigenvalue weighted by Crippen LogP contribution is -2.31. The highest BCUT2D eigenvalue weighted by molar-refractivity contribution is 9.10. The predicted octanol–water partition coefficient (Wildman–Crippen LogP) is 5.13. The van der Waals surface area contributed by atoms with Gasteiger partial charge in [0.2, 0.25) is 11.5 Å². The van der Waals surface area contributed by atoms with Gasteiger partial charge in [-0.15, -0.1) is 23.1 Å². The molecule has 0 spiro atoms. The molecule has 0 aliphatic heterocycles. The van der Waals surface area contributed by atoms with Crippen LogP contribution in [-0.2, 0) is 16.0 Å². The fourth-order valence-corrected chi connectivity index (χ4v) is 5.72. The molecule has 5 nitrogen and oxygen atoms in total. The van der Waals surface area contributed by atoms with Crippen molar-refractivity contribution in [3.8, 4) is 11.8 Å². The van der Waals surface area contributed by atoms with Crippen molar-refractivity contribution in [2.24, 2.45) is 0 Å². The number of hydrogen-bond acceptors (Lipinski definition) is 6. The molecule has 0 N–H and O–H groups in total. The summed E-state index contributed by atoms with van der Waals surface area (Å²) >= 11 is 6.28. The number of thiophene rings is 1. The van der Waals surface area contributed by atoms with Gasteiger partial charge in [-0.3, -0.25) is 9.59 Å². The van der Waals surface area contributed by atoms with E-state index in [1.165, 1.54) is 23.1 Å². The third-order valence-electron chi connectivity index (χ3n) is 4.31. The minimum Gasteiger partial charge on any atom is -0.466 e. The molecule has 2 heterocycles. The van der Waals surface area contributed by atoms with E-state index >= 15 is 0 Å². The topological polar surface area (TPSA) is 71.0 Å². The first kappa shape index (κ1) is 23.2. The van der Waals surface area contributed by atoms with E-state index in [1.807, 2.05) is 47.3 Å². The van der Waals surface area contributed by atoms with Crippen LogP contribution >= 0.6 is 39.0 Å². The van der Waals surface area contributed by atoms with E-state index in [9.17, 15) is 9.59 Å². The number of ether oxygens (including phenoxy) is 1. The molecule has 0 unspecified atom stereocenters. The van der Waals surface area contributed by atoms with Crippen molar-refractivity contribution in [2.75, 3.05) is 12.4 Å². The first-order valence-electron chi connectivity index (χ1n) is 9.63. The van der Waals surface area contributed by atoms with Crippen LogP contribution < -0.4 is 4.57 Å². The van der Waals surface area contributed by atoms with Gasteiger partial charge in [-0.25, -0.2) is 0 Å². The first-order valence-corrected chi connectivity index (χ1v) is 12.2. The molecule has 0 amide bonds. The first-order chi connectivity index (χ1) is 15.0. The second-order valence-electron chi connectivity index (χ2n) is 6.40. The average molecular weight is 516 g/mol. The van der Waals surface area contributed by atoms with Crippen molar-refractivity contribution in [3.05, 3.63) is 75.3 Å². The smallest absolute Gasteiger partial charge is 0.310 e. The predicted molar refractivity (Wildman–Crippen MR) is 125 cm³/mol. The van der Waals surface area contributed by atoms with Crippen molar-refractivity contribution in [1.29, 1.82) is 5.26 Å². The standard InChI is InChI=1S/C23H20BrN2O3S2/c1-2-29-19(27)15-18-20(26-12-4-3-5-13-26)23(30-14-6-11-25)31-22(18)21(28)16-7-9-17(24)10-8-16/h3-5,7-10,12-13H,2,6,14-15H2,1H3/q+1. The van der Waals surface area contributed by atoms with Crippen LogP contribution in [0.5, 0.6) is 0 Å². The van der Waals surface area contributed by atoms with E-state index in [4.69, 9.17) is 10.00 Å². The van der Waals surface area contributed by atoms with Gasteiger partial charge in [-0.1, -0.05) is 22.0 Å². The zero-order chi connectivity index (χ0) is 22.2. The fraction of sp³-hybridized carbons (Fsp3) is 0.217. The number of halogens is 1. The van der Waals surface area contributed by atoms with Gasteiger partial charge in [0.05, 0.1) is 29.5 Å². The number of hydrogen-bond donors (Lipinski definition) is 0. The Morgan fingerprint density at radius 3 is 2.55 bits per heavy atom. The average Bonchev–Trinajstić information content (AvgIpc) is 3.12. The van der Waals surface area contributed by atoms with E-state index in [2.05, 4.69) is 22.0 Å². The molecule has 0 bridgehead atoms.